The first-order chi connectivity index (χ1) is 19.6. The molecule has 0 bridgehead atoms. The van der Waals surface area contributed by atoms with Crippen LogP contribution in [0.2, 0.25) is 5.02 Å². The minimum Gasteiger partial charge on any atom is -0.350 e. The van der Waals surface area contributed by atoms with E-state index in [1.165, 1.54) is 9.80 Å². The van der Waals surface area contributed by atoms with E-state index in [-0.39, 0.29) is 25.4 Å². The maximum absolute atomic E-state index is 13.9. The number of hydrogen-bond acceptors (Lipinski definition) is 7. The minimum atomic E-state index is -4.08. The normalized spacial score (nSPS) is 18.8. The van der Waals surface area contributed by atoms with Crippen molar-refractivity contribution < 1.29 is 22.8 Å². The van der Waals surface area contributed by atoms with Gasteiger partial charge in [0.2, 0.25) is 15.9 Å². The van der Waals surface area contributed by atoms with Gasteiger partial charge in [0.05, 0.1) is 5.75 Å². The molecule has 13 heteroatoms. The third-order valence-corrected chi connectivity index (χ3v) is 9.03. The van der Waals surface area contributed by atoms with Crippen molar-refractivity contribution in [1.82, 2.24) is 24.7 Å². The molecule has 3 amide bonds. The summed E-state index contributed by atoms with van der Waals surface area (Å²) in [5, 5.41) is 3.37. The Balaban J connectivity index is 1.52. The van der Waals surface area contributed by atoms with Crippen molar-refractivity contribution in [2.75, 3.05) is 39.8 Å². The van der Waals surface area contributed by atoms with E-state index in [1.807, 2.05) is 7.05 Å². The Kier molecular flexibility index (Phi) is 10.4. The van der Waals surface area contributed by atoms with E-state index in [9.17, 15) is 22.8 Å². The third kappa shape index (κ3) is 8.04. The summed E-state index contributed by atoms with van der Waals surface area (Å²) in [5.74, 6) is -2.12. The highest BCUT2D eigenvalue weighted by atomic mass is 35.5. The van der Waals surface area contributed by atoms with Crippen LogP contribution in [0.1, 0.15) is 29.5 Å². The first-order valence-corrected chi connectivity index (χ1v) is 15.7. The number of rotatable bonds is 10. The van der Waals surface area contributed by atoms with Crippen molar-refractivity contribution in [3.63, 3.8) is 0 Å². The molecule has 4 N–H and O–H groups in total. The number of benzene rings is 2. The van der Waals surface area contributed by atoms with E-state index in [0.29, 0.717) is 49.6 Å². The zero-order valence-electron chi connectivity index (χ0n) is 23.1. The number of nitrogens with one attached hydrogen (secondary N) is 2. The van der Waals surface area contributed by atoms with Gasteiger partial charge in [0, 0.05) is 50.8 Å². The molecule has 0 aromatic heterocycles. The zero-order chi connectivity index (χ0) is 29.6. The van der Waals surface area contributed by atoms with Gasteiger partial charge >= 0.3 is 0 Å². The highest BCUT2D eigenvalue weighted by Crippen LogP contribution is 2.21. The number of hydrogen-bond donors (Lipinski definition) is 3. The van der Waals surface area contributed by atoms with Crippen LogP contribution >= 0.6 is 11.6 Å². The summed E-state index contributed by atoms with van der Waals surface area (Å²) >= 11 is 6.12. The lowest BCUT2D eigenvalue weighted by Crippen LogP contribution is -2.61. The average Bonchev–Trinajstić information content (AvgIpc) is 3.45. The Morgan fingerprint density at radius 1 is 1.00 bits per heavy atom. The van der Waals surface area contributed by atoms with Gasteiger partial charge in [0.1, 0.15) is 6.04 Å². The van der Waals surface area contributed by atoms with Gasteiger partial charge in [-0.2, -0.15) is 4.72 Å². The van der Waals surface area contributed by atoms with E-state index in [0.717, 1.165) is 11.1 Å². The van der Waals surface area contributed by atoms with Gasteiger partial charge in [0.15, 0.2) is 6.04 Å². The van der Waals surface area contributed by atoms with Crippen molar-refractivity contribution in [2.24, 2.45) is 5.73 Å². The molecule has 11 nitrogen and oxygen atoms in total. The Bertz CT molecular complexity index is 1350. The molecule has 2 saturated heterocycles. The van der Waals surface area contributed by atoms with Gasteiger partial charge in [-0.15, -0.1) is 0 Å². The molecular formula is C28H37ClN6O5S. The summed E-state index contributed by atoms with van der Waals surface area (Å²) in [7, 11) is -2.15. The lowest BCUT2D eigenvalue weighted by Gasteiger charge is -2.35. The third-order valence-electron chi connectivity index (χ3n) is 7.49. The quantitative estimate of drug-likeness (QED) is 0.338. The Hall–Kier alpha value is -3.03. The van der Waals surface area contributed by atoms with Gasteiger partial charge < -0.3 is 25.8 Å². The Labute approximate surface area is 246 Å². The summed E-state index contributed by atoms with van der Waals surface area (Å²) < 4.78 is 28.7. The fourth-order valence-electron chi connectivity index (χ4n) is 5.16. The fraction of sp³-hybridized carbons (Fsp3) is 0.464. The van der Waals surface area contributed by atoms with Crippen LogP contribution in [0.15, 0.2) is 48.5 Å². The van der Waals surface area contributed by atoms with Crippen LogP contribution in [-0.4, -0.2) is 92.7 Å². The van der Waals surface area contributed by atoms with Crippen molar-refractivity contribution in [3.8, 4) is 0 Å². The van der Waals surface area contributed by atoms with Crippen LogP contribution in [0.25, 0.3) is 0 Å². The monoisotopic (exact) mass is 604 g/mol. The zero-order valence-corrected chi connectivity index (χ0v) is 24.7. The van der Waals surface area contributed by atoms with Crippen LogP contribution in [0.5, 0.6) is 0 Å². The number of nitrogens with two attached hydrogens (primary N) is 1. The van der Waals surface area contributed by atoms with Crippen LogP contribution in [0.4, 0.5) is 0 Å². The van der Waals surface area contributed by atoms with Gasteiger partial charge in [-0.25, -0.2) is 8.42 Å². The van der Waals surface area contributed by atoms with Crippen molar-refractivity contribution in [2.45, 2.75) is 43.8 Å². The molecule has 4 rings (SSSR count). The Morgan fingerprint density at radius 2 is 1.71 bits per heavy atom. The van der Waals surface area contributed by atoms with Crippen molar-refractivity contribution in [3.05, 3.63) is 70.2 Å². The van der Waals surface area contributed by atoms with E-state index < -0.39 is 39.8 Å². The van der Waals surface area contributed by atoms with Crippen LogP contribution in [-0.2, 0) is 43.2 Å². The predicted molar refractivity (Wildman–Crippen MR) is 156 cm³/mol. The molecule has 0 saturated carbocycles. The number of nitrogens with zero attached hydrogens (tertiary/aromatic N) is 3. The molecule has 0 spiro atoms. The SMILES string of the molecule is CN1CCN(C(=O)C(NS(=O)(=O)Cc2ccccc2)C(=O)N2CCC[C@H]2C(=O)NCc2cc(Cl)ccc2CN)CC1. The fourth-order valence-corrected chi connectivity index (χ4v) is 6.63. The smallest absolute Gasteiger partial charge is 0.251 e. The lowest BCUT2D eigenvalue weighted by atomic mass is 10.1. The number of carbonyl (C=O) groups is 3. The molecule has 0 radical (unpaired) electrons. The molecule has 0 aliphatic carbocycles. The van der Waals surface area contributed by atoms with Crippen LogP contribution in [0.3, 0.4) is 0 Å². The summed E-state index contributed by atoms with van der Waals surface area (Å²) in [6.45, 7) is 2.61. The van der Waals surface area contributed by atoms with Crippen molar-refractivity contribution >= 4 is 39.3 Å². The van der Waals surface area contributed by atoms with Crippen LogP contribution < -0.4 is 15.8 Å². The topological polar surface area (TPSA) is 145 Å². The maximum atomic E-state index is 13.9. The summed E-state index contributed by atoms with van der Waals surface area (Å²) in [6.07, 6.45) is 0.935. The number of sulfonamides is 1. The molecule has 41 heavy (non-hydrogen) atoms. The molecule has 2 aromatic carbocycles. The minimum absolute atomic E-state index is 0.165. The summed E-state index contributed by atoms with van der Waals surface area (Å²) in [5.41, 5.74) is 7.94. The average molecular weight is 605 g/mol. The van der Waals surface area contributed by atoms with E-state index in [4.69, 9.17) is 17.3 Å². The number of piperazine rings is 1. The molecular weight excluding hydrogens is 568 g/mol. The first-order valence-electron chi connectivity index (χ1n) is 13.6. The number of halogens is 1. The van der Waals surface area contributed by atoms with Gasteiger partial charge in [-0.1, -0.05) is 48.0 Å². The summed E-state index contributed by atoms with van der Waals surface area (Å²) in [4.78, 5) is 45.7. The molecule has 1 unspecified atom stereocenters. The van der Waals surface area contributed by atoms with E-state index in [2.05, 4.69) is 14.9 Å². The second kappa shape index (κ2) is 13.8. The highest BCUT2D eigenvalue weighted by molar-refractivity contribution is 7.88. The maximum Gasteiger partial charge on any atom is 0.251 e. The Morgan fingerprint density at radius 3 is 2.39 bits per heavy atom. The molecule has 2 atom stereocenters. The molecule has 2 aliphatic heterocycles. The predicted octanol–water partition coefficient (Wildman–Crippen LogP) is 0.668. The second-order valence-electron chi connectivity index (χ2n) is 10.4. The van der Waals surface area contributed by atoms with Crippen molar-refractivity contribution in [1.29, 1.82) is 0 Å². The molecule has 2 aromatic rings. The number of amides is 3. The highest BCUT2D eigenvalue weighted by Gasteiger charge is 2.43. The number of likely N-dealkylation sites (tertiary alicyclic amines) is 1. The number of likely N-dealkylation sites (N-methyl/N-ethyl adjacent to an activating group) is 1. The van der Waals surface area contributed by atoms with E-state index in [1.54, 1.807) is 48.5 Å². The summed E-state index contributed by atoms with van der Waals surface area (Å²) in [6, 6.07) is 11.3. The first kappa shape index (κ1) is 30.9. The molecule has 2 aliphatic rings. The van der Waals surface area contributed by atoms with Gasteiger partial charge in [0.25, 0.3) is 11.8 Å². The largest absolute Gasteiger partial charge is 0.350 e. The second-order valence-corrected chi connectivity index (χ2v) is 12.6. The standard InChI is InChI=1S/C28H37ClN6O5S/c1-33-12-14-34(15-13-33)27(37)25(32-41(39,40)19-20-6-3-2-4-7-20)28(38)35-11-5-8-24(35)26(36)31-18-22-16-23(29)10-9-21(22)17-30/h2-4,6-7,9-10,16,24-25,32H,5,8,11-15,17-19,30H2,1H3,(H,31,36)/t24-,25?/m0/s1. The molecule has 2 fully saturated rings. The van der Waals surface area contributed by atoms with Gasteiger partial charge in [-0.05, 0) is 48.7 Å². The van der Waals surface area contributed by atoms with Crippen LogP contribution in [0, 0.1) is 0 Å². The number of carbonyl (C=O) groups excluding carboxylic acids is 3. The van der Waals surface area contributed by atoms with E-state index >= 15 is 0 Å². The van der Waals surface area contributed by atoms with Gasteiger partial charge in [-0.3, -0.25) is 14.4 Å². The molecule has 222 valence electrons. The molecule has 2 heterocycles. The lowest BCUT2D eigenvalue weighted by molar-refractivity contribution is -0.147.